The predicted molar refractivity (Wildman–Crippen MR) is 111 cm³/mol. The van der Waals surface area contributed by atoms with Gasteiger partial charge >= 0.3 is 0 Å². The highest BCUT2D eigenvalue weighted by atomic mass is 32.1. The lowest BCUT2D eigenvalue weighted by Gasteiger charge is -2.13. The van der Waals surface area contributed by atoms with E-state index in [1.54, 1.807) is 36.4 Å². The number of carbonyl (C=O) groups is 1. The summed E-state index contributed by atoms with van der Waals surface area (Å²) in [7, 11) is 0. The van der Waals surface area contributed by atoms with Crippen LogP contribution >= 0.6 is 12.2 Å². The van der Waals surface area contributed by atoms with Crippen LogP contribution in [0.4, 0.5) is 25.8 Å². The van der Waals surface area contributed by atoms with Crippen LogP contribution in [0.2, 0.25) is 0 Å². The Balaban J connectivity index is 1.75. The zero-order chi connectivity index (χ0) is 20.3. The Hall–Kier alpha value is -3.52. The Bertz CT molecular complexity index is 1050. The molecule has 0 saturated carbocycles. The first-order chi connectivity index (χ1) is 13.3. The van der Waals surface area contributed by atoms with Gasteiger partial charge < -0.3 is 22.1 Å². The summed E-state index contributed by atoms with van der Waals surface area (Å²) in [5.74, 6) is -1.94. The van der Waals surface area contributed by atoms with Crippen molar-refractivity contribution in [1.82, 2.24) is 0 Å². The number of nitrogens with one attached hydrogen (secondary N) is 2. The van der Waals surface area contributed by atoms with E-state index in [0.717, 1.165) is 0 Å². The summed E-state index contributed by atoms with van der Waals surface area (Å²) in [5.41, 5.74) is 12.9. The van der Waals surface area contributed by atoms with Crippen LogP contribution in [0.1, 0.15) is 10.4 Å². The van der Waals surface area contributed by atoms with Crippen molar-refractivity contribution < 1.29 is 13.6 Å². The highest BCUT2D eigenvalue weighted by molar-refractivity contribution is 7.80. The standard InChI is InChI=1S/C20H16F2N4OS/c21-12-6-9-16(23)17(10-12)26-20(28)25-13-7-4-11(5-8-13)14-2-1-3-15(18(14)22)19(24)27/h1-10H,23H2,(H2,24,27)(H2,25,26,28). The van der Waals surface area contributed by atoms with Crippen LogP contribution in [-0.4, -0.2) is 11.0 Å². The molecule has 0 spiro atoms. The fourth-order valence-corrected chi connectivity index (χ4v) is 2.83. The molecule has 0 atom stereocenters. The van der Waals surface area contributed by atoms with Gasteiger partial charge in [-0.1, -0.05) is 24.3 Å². The fourth-order valence-electron chi connectivity index (χ4n) is 2.60. The lowest BCUT2D eigenvalue weighted by Crippen LogP contribution is -2.19. The molecule has 0 aliphatic heterocycles. The number of nitrogens with two attached hydrogens (primary N) is 2. The summed E-state index contributed by atoms with van der Waals surface area (Å²) >= 11 is 5.20. The normalized spacial score (nSPS) is 10.4. The number of hydrogen-bond donors (Lipinski definition) is 4. The van der Waals surface area contributed by atoms with Gasteiger partial charge in [0.2, 0.25) is 0 Å². The first kappa shape index (κ1) is 19.2. The Morgan fingerprint density at radius 2 is 1.68 bits per heavy atom. The van der Waals surface area contributed by atoms with E-state index in [1.807, 2.05) is 0 Å². The van der Waals surface area contributed by atoms with Crippen molar-refractivity contribution in [1.29, 1.82) is 0 Å². The van der Waals surface area contributed by atoms with E-state index in [1.165, 1.54) is 24.3 Å². The molecular weight excluding hydrogens is 382 g/mol. The van der Waals surface area contributed by atoms with Crippen molar-refractivity contribution in [3.05, 3.63) is 77.9 Å². The molecule has 0 unspecified atom stereocenters. The Kier molecular flexibility index (Phi) is 5.51. The number of benzene rings is 3. The maximum Gasteiger partial charge on any atom is 0.251 e. The second-order valence-electron chi connectivity index (χ2n) is 5.92. The minimum Gasteiger partial charge on any atom is -0.397 e. The predicted octanol–water partition coefficient (Wildman–Crippen LogP) is 4.12. The van der Waals surface area contributed by atoms with Gasteiger partial charge in [0.05, 0.1) is 16.9 Å². The van der Waals surface area contributed by atoms with Gasteiger partial charge in [-0.05, 0) is 54.2 Å². The van der Waals surface area contributed by atoms with Crippen molar-refractivity contribution in [2.75, 3.05) is 16.4 Å². The van der Waals surface area contributed by atoms with E-state index < -0.39 is 17.5 Å². The van der Waals surface area contributed by atoms with E-state index in [2.05, 4.69) is 10.6 Å². The van der Waals surface area contributed by atoms with Crippen LogP contribution in [-0.2, 0) is 0 Å². The van der Waals surface area contributed by atoms with Gasteiger partial charge in [-0.2, -0.15) is 0 Å². The highest BCUT2D eigenvalue weighted by Crippen LogP contribution is 2.26. The Labute approximate surface area is 165 Å². The molecule has 1 amide bonds. The van der Waals surface area contributed by atoms with Gasteiger partial charge in [-0.25, -0.2) is 8.78 Å². The molecule has 0 aromatic heterocycles. The van der Waals surface area contributed by atoms with Crippen molar-refractivity contribution >= 4 is 40.3 Å². The van der Waals surface area contributed by atoms with E-state index in [9.17, 15) is 13.6 Å². The van der Waals surface area contributed by atoms with Crippen molar-refractivity contribution in [2.45, 2.75) is 0 Å². The number of nitrogen functional groups attached to an aromatic ring is 1. The fraction of sp³-hybridized carbons (Fsp3) is 0. The average molecular weight is 398 g/mol. The van der Waals surface area contributed by atoms with E-state index >= 15 is 0 Å². The number of primary amides is 1. The van der Waals surface area contributed by atoms with E-state index in [0.29, 0.717) is 22.6 Å². The second kappa shape index (κ2) is 8.01. The zero-order valence-electron chi connectivity index (χ0n) is 14.5. The van der Waals surface area contributed by atoms with E-state index in [4.69, 9.17) is 23.7 Å². The number of thiocarbonyl (C=S) groups is 1. The summed E-state index contributed by atoms with van der Waals surface area (Å²) in [6, 6.07) is 15.1. The topological polar surface area (TPSA) is 93.2 Å². The smallest absolute Gasteiger partial charge is 0.251 e. The largest absolute Gasteiger partial charge is 0.397 e. The number of hydrogen-bond acceptors (Lipinski definition) is 3. The molecule has 3 aromatic rings. The van der Waals surface area contributed by atoms with Gasteiger partial charge in [0.15, 0.2) is 5.11 Å². The maximum atomic E-state index is 14.4. The molecule has 3 rings (SSSR count). The molecule has 3 aromatic carbocycles. The molecule has 8 heteroatoms. The van der Waals surface area contributed by atoms with Crippen LogP contribution < -0.4 is 22.1 Å². The van der Waals surface area contributed by atoms with Gasteiger partial charge in [0, 0.05) is 11.3 Å². The van der Waals surface area contributed by atoms with Crippen molar-refractivity contribution in [2.24, 2.45) is 5.73 Å². The molecule has 0 heterocycles. The zero-order valence-corrected chi connectivity index (χ0v) is 15.3. The summed E-state index contributed by atoms with van der Waals surface area (Å²) in [4.78, 5) is 11.3. The lowest BCUT2D eigenvalue weighted by atomic mass is 10.0. The number of rotatable bonds is 4. The average Bonchev–Trinajstić information content (AvgIpc) is 2.65. The summed E-state index contributed by atoms with van der Waals surface area (Å²) < 4.78 is 27.8. The lowest BCUT2D eigenvalue weighted by molar-refractivity contribution is 0.0996. The van der Waals surface area contributed by atoms with Crippen LogP contribution in [0, 0.1) is 11.6 Å². The quantitative estimate of drug-likeness (QED) is 0.392. The Morgan fingerprint density at radius 3 is 2.36 bits per heavy atom. The molecule has 0 fully saturated rings. The summed E-state index contributed by atoms with van der Waals surface area (Å²) in [6.45, 7) is 0. The first-order valence-corrected chi connectivity index (χ1v) is 8.58. The van der Waals surface area contributed by atoms with Gasteiger partial charge in [0.25, 0.3) is 5.91 Å². The third-order valence-corrected chi connectivity index (χ3v) is 4.19. The molecule has 6 N–H and O–H groups in total. The number of anilines is 3. The monoisotopic (exact) mass is 398 g/mol. The third kappa shape index (κ3) is 4.24. The molecule has 142 valence electrons. The number of halogens is 2. The van der Waals surface area contributed by atoms with Crippen LogP contribution in [0.25, 0.3) is 11.1 Å². The van der Waals surface area contributed by atoms with Crippen LogP contribution in [0.3, 0.4) is 0 Å². The molecule has 0 bridgehead atoms. The molecule has 0 aliphatic rings. The highest BCUT2D eigenvalue weighted by Gasteiger charge is 2.13. The SMILES string of the molecule is NC(=O)c1cccc(-c2ccc(NC(=S)Nc3cc(F)ccc3N)cc2)c1F. The third-order valence-electron chi connectivity index (χ3n) is 3.98. The maximum absolute atomic E-state index is 14.4. The number of amides is 1. The van der Waals surface area contributed by atoms with Gasteiger partial charge in [-0.15, -0.1) is 0 Å². The summed E-state index contributed by atoms with van der Waals surface area (Å²) in [6.07, 6.45) is 0. The molecule has 0 aliphatic carbocycles. The second-order valence-corrected chi connectivity index (χ2v) is 6.33. The van der Waals surface area contributed by atoms with Gasteiger partial charge in [-0.3, -0.25) is 4.79 Å². The van der Waals surface area contributed by atoms with Crippen molar-refractivity contribution in [3.8, 4) is 11.1 Å². The molecule has 5 nitrogen and oxygen atoms in total. The molecule has 0 saturated heterocycles. The number of carbonyl (C=O) groups excluding carboxylic acids is 1. The minimum atomic E-state index is -0.828. The van der Waals surface area contributed by atoms with Gasteiger partial charge in [0.1, 0.15) is 11.6 Å². The van der Waals surface area contributed by atoms with E-state index in [-0.39, 0.29) is 16.2 Å². The minimum absolute atomic E-state index is 0.169. The molecular formula is C20H16F2N4OS. The first-order valence-electron chi connectivity index (χ1n) is 8.17. The Morgan fingerprint density at radius 1 is 0.964 bits per heavy atom. The van der Waals surface area contributed by atoms with Crippen LogP contribution in [0.15, 0.2) is 60.7 Å². The van der Waals surface area contributed by atoms with Crippen LogP contribution in [0.5, 0.6) is 0 Å². The molecule has 28 heavy (non-hydrogen) atoms. The summed E-state index contributed by atoms with van der Waals surface area (Å²) in [5, 5.41) is 5.97. The molecule has 0 radical (unpaired) electrons. The van der Waals surface area contributed by atoms with Crippen molar-refractivity contribution in [3.63, 3.8) is 0 Å².